The van der Waals surface area contributed by atoms with E-state index in [1.165, 1.54) is 11.8 Å². The largest absolute Gasteiger partial charge is 0.461 e. The number of ether oxygens (including phenoxy) is 1. The molecule has 1 unspecified atom stereocenters. The van der Waals surface area contributed by atoms with Gasteiger partial charge < -0.3 is 15.0 Å². The van der Waals surface area contributed by atoms with Gasteiger partial charge in [0.05, 0.1) is 23.0 Å². The monoisotopic (exact) mass is 565 g/mol. The Balaban J connectivity index is 1.56. The number of thioether (sulfide) groups is 1. The van der Waals surface area contributed by atoms with Crippen LogP contribution in [0, 0.1) is 17.2 Å². The Hall–Kier alpha value is -4.72. The topological polar surface area (TPSA) is 117 Å². The van der Waals surface area contributed by atoms with Gasteiger partial charge in [-0.15, -0.1) is 11.8 Å². The molecule has 0 bridgehead atoms. The quantitative estimate of drug-likeness (QED) is 0.174. The number of para-hydroxylation sites is 2. The molecule has 0 saturated heterocycles. The van der Waals surface area contributed by atoms with Crippen LogP contribution in [-0.4, -0.2) is 59.6 Å². The minimum atomic E-state index is -1.59. The first-order chi connectivity index (χ1) is 19.9. The molecule has 206 valence electrons. The van der Waals surface area contributed by atoms with E-state index >= 15 is 0 Å². The van der Waals surface area contributed by atoms with Crippen molar-refractivity contribution in [3.8, 4) is 23.0 Å². The summed E-state index contributed by atoms with van der Waals surface area (Å²) in [6.07, 6.45) is 0. The Morgan fingerprint density at radius 3 is 2.44 bits per heavy atom. The lowest BCUT2D eigenvalue weighted by Crippen LogP contribution is -2.29. The highest BCUT2D eigenvalue weighted by molar-refractivity contribution is 7.98. The number of Topliss-reactive ketones (excluding diaryl/α,β-unsaturated/α-hetero) is 1. The van der Waals surface area contributed by atoms with Crippen molar-refractivity contribution in [2.24, 2.45) is 5.92 Å². The highest BCUT2D eigenvalue weighted by atomic mass is 32.2. The van der Waals surface area contributed by atoms with Crippen LogP contribution < -0.4 is 5.32 Å². The number of hydrogen-bond donors (Lipinski definition) is 1. The summed E-state index contributed by atoms with van der Waals surface area (Å²) in [5.41, 5.74) is 3.62. The fourth-order valence-electron chi connectivity index (χ4n) is 4.51. The van der Waals surface area contributed by atoms with Crippen LogP contribution in [-0.2, 0) is 15.3 Å². The van der Waals surface area contributed by atoms with E-state index in [0.717, 1.165) is 10.5 Å². The van der Waals surface area contributed by atoms with Crippen molar-refractivity contribution >= 4 is 35.1 Å². The summed E-state index contributed by atoms with van der Waals surface area (Å²) in [4.78, 5) is 42.4. The van der Waals surface area contributed by atoms with Crippen LogP contribution in [0.2, 0.25) is 0 Å². The van der Waals surface area contributed by atoms with Crippen LogP contribution >= 0.6 is 11.8 Å². The molecule has 0 spiro atoms. The molecule has 5 rings (SSSR count). The lowest BCUT2D eigenvalue weighted by molar-refractivity contribution is -0.117. The maximum atomic E-state index is 13.7. The van der Waals surface area contributed by atoms with E-state index in [0.29, 0.717) is 40.5 Å². The van der Waals surface area contributed by atoms with Crippen molar-refractivity contribution in [2.75, 3.05) is 32.6 Å². The Kier molecular flexibility index (Phi) is 8.29. The van der Waals surface area contributed by atoms with E-state index < -0.39 is 23.6 Å². The Bertz CT molecular complexity index is 1640. The third kappa shape index (κ3) is 5.77. The van der Waals surface area contributed by atoms with Gasteiger partial charge in [-0.05, 0) is 44.4 Å². The Labute approximate surface area is 241 Å². The normalized spacial score (nSPS) is 12.5. The number of ketones is 1. The van der Waals surface area contributed by atoms with E-state index in [-0.39, 0.29) is 12.3 Å². The predicted octanol–water partition coefficient (Wildman–Crippen LogP) is 4.82. The first-order valence-electron chi connectivity index (χ1n) is 12.9. The van der Waals surface area contributed by atoms with Crippen molar-refractivity contribution in [2.45, 2.75) is 10.6 Å². The lowest BCUT2D eigenvalue weighted by atomic mass is 9.96. The predicted molar refractivity (Wildman–Crippen MR) is 156 cm³/mol. The van der Waals surface area contributed by atoms with Gasteiger partial charge >= 0.3 is 5.97 Å². The van der Waals surface area contributed by atoms with Gasteiger partial charge in [-0.25, -0.2) is 9.48 Å². The second kappa shape index (κ2) is 12.2. The molecule has 0 radical (unpaired) electrons. The van der Waals surface area contributed by atoms with Gasteiger partial charge in [0.15, 0.2) is 5.92 Å². The van der Waals surface area contributed by atoms with Crippen molar-refractivity contribution in [3.05, 3.63) is 95.7 Å². The number of likely N-dealkylation sites (N-methyl/N-ethyl adjacent to an activating group) is 1. The number of nitrogens with one attached hydrogen (secondary N) is 1. The van der Waals surface area contributed by atoms with Crippen molar-refractivity contribution in [1.82, 2.24) is 14.7 Å². The van der Waals surface area contributed by atoms with Gasteiger partial charge in [0.25, 0.3) is 0 Å². The number of anilines is 1. The SMILES string of the molecule is CN(C)CCOC(=O)c1cccc2c1SCc1c(C(=O)C(C#N)C(=O)Nc3ccccc3)nn(-c3ccccc3)c1-2. The van der Waals surface area contributed by atoms with Gasteiger partial charge in [0.1, 0.15) is 12.3 Å². The number of esters is 1. The van der Waals surface area contributed by atoms with Crippen molar-refractivity contribution in [1.29, 1.82) is 5.26 Å². The molecule has 9 nitrogen and oxygen atoms in total. The van der Waals surface area contributed by atoms with Crippen LogP contribution in [0.5, 0.6) is 0 Å². The zero-order valence-electron chi connectivity index (χ0n) is 22.5. The second-order valence-corrected chi connectivity index (χ2v) is 10.6. The Morgan fingerprint density at radius 2 is 1.76 bits per heavy atom. The van der Waals surface area contributed by atoms with Crippen LogP contribution in [0.1, 0.15) is 26.4 Å². The maximum absolute atomic E-state index is 13.7. The summed E-state index contributed by atoms with van der Waals surface area (Å²) >= 11 is 1.40. The van der Waals surface area contributed by atoms with Crippen LogP contribution in [0.4, 0.5) is 5.69 Å². The summed E-state index contributed by atoms with van der Waals surface area (Å²) < 4.78 is 7.17. The number of nitrogens with zero attached hydrogens (tertiary/aromatic N) is 4. The summed E-state index contributed by atoms with van der Waals surface area (Å²) in [7, 11) is 3.81. The average molecular weight is 566 g/mol. The molecule has 1 N–H and O–H groups in total. The number of hydrogen-bond acceptors (Lipinski definition) is 8. The van der Waals surface area contributed by atoms with Crippen molar-refractivity contribution in [3.63, 3.8) is 0 Å². The van der Waals surface area contributed by atoms with Gasteiger partial charge in [0.2, 0.25) is 11.7 Å². The number of nitriles is 1. The molecule has 1 aromatic heterocycles. The highest BCUT2D eigenvalue weighted by Crippen LogP contribution is 2.45. The van der Waals surface area contributed by atoms with E-state index in [2.05, 4.69) is 10.4 Å². The van der Waals surface area contributed by atoms with Gasteiger partial charge in [-0.2, -0.15) is 10.4 Å². The number of aromatic nitrogens is 2. The molecule has 1 amide bonds. The van der Waals surface area contributed by atoms with Crippen LogP contribution in [0.25, 0.3) is 16.9 Å². The van der Waals surface area contributed by atoms with Crippen LogP contribution in [0.3, 0.4) is 0 Å². The number of carbonyl (C=O) groups excluding carboxylic acids is 3. The molecule has 4 aromatic rings. The van der Waals surface area contributed by atoms with E-state index in [9.17, 15) is 19.6 Å². The first kappa shape index (κ1) is 27.8. The smallest absolute Gasteiger partial charge is 0.339 e. The fraction of sp³-hybridized carbons (Fsp3) is 0.194. The average Bonchev–Trinajstić information content (AvgIpc) is 3.38. The fourth-order valence-corrected chi connectivity index (χ4v) is 5.70. The summed E-state index contributed by atoms with van der Waals surface area (Å²) in [5.74, 6) is -3.11. The molecule has 3 aromatic carbocycles. The van der Waals surface area contributed by atoms with Crippen molar-refractivity contribution < 1.29 is 19.1 Å². The molecule has 1 aliphatic rings. The number of fused-ring (bicyclic) bond motifs is 3. The molecule has 41 heavy (non-hydrogen) atoms. The molecule has 0 saturated carbocycles. The van der Waals surface area contributed by atoms with E-state index in [1.54, 1.807) is 47.1 Å². The minimum absolute atomic E-state index is 0.0516. The van der Waals surface area contributed by atoms with E-state index in [1.807, 2.05) is 61.5 Å². The number of benzene rings is 3. The summed E-state index contributed by atoms with van der Waals surface area (Å²) in [5, 5.41) is 17.2. The molecule has 10 heteroatoms. The Morgan fingerprint density at radius 1 is 1.05 bits per heavy atom. The number of amides is 1. The standard InChI is InChI=1S/C31H27N5O4S/c1-35(2)16-17-40-31(39)23-15-9-14-22-27-25(19-41-29(22)23)26(34-36(27)21-12-7-4-8-13-21)28(37)24(18-32)30(38)33-20-10-5-3-6-11-20/h3-15,24H,16-17,19H2,1-2H3,(H,33,38). The summed E-state index contributed by atoms with van der Waals surface area (Å²) in [6, 6.07) is 25.2. The number of rotatable bonds is 9. The summed E-state index contributed by atoms with van der Waals surface area (Å²) in [6.45, 7) is 0.856. The zero-order valence-corrected chi connectivity index (χ0v) is 23.4. The highest BCUT2D eigenvalue weighted by Gasteiger charge is 2.36. The molecular formula is C31H27N5O4S. The molecular weight excluding hydrogens is 538 g/mol. The first-order valence-corrected chi connectivity index (χ1v) is 13.9. The molecule has 1 aliphatic heterocycles. The molecule has 0 aliphatic carbocycles. The van der Waals surface area contributed by atoms with E-state index in [4.69, 9.17) is 4.74 Å². The second-order valence-electron chi connectivity index (χ2n) is 9.61. The van der Waals surface area contributed by atoms with Gasteiger partial charge in [-0.1, -0.05) is 48.5 Å². The zero-order chi connectivity index (χ0) is 28.9. The van der Waals surface area contributed by atoms with Gasteiger partial charge in [0, 0.05) is 34.0 Å². The third-order valence-electron chi connectivity index (χ3n) is 6.54. The maximum Gasteiger partial charge on any atom is 0.339 e. The molecule has 1 atom stereocenters. The van der Waals surface area contributed by atoms with Gasteiger partial charge in [-0.3, -0.25) is 9.59 Å². The molecule has 0 fully saturated rings. The molecule has 2 heterocycles. The lowest BCUT2D eigenvalue weighted by Gasteiger charge is -2.21. The van der Waals surface area contributed by atoms with Crippen LogP contribution in [0.15, 0.2) is 83.8 Å². The number of carbonyl (C=O) groups is 3. The third-order valence-corrected chi connectivity index (χ3v) is 7.70. The minimum Gasteiger partial charge on any atom is -0.461 e.